The van der Waals surface area contributed by atoms with Crippen molar-refractivity contribution >= 4 is 20.9 Å². The van der Waals surface area contributed by atoms with Crippen LogP contribution < -0.4 is 4.89 Å². The minimum Gasteiger partial charge on any atom is -0.360 e. The minimum atomic E-state index is -3.81. The molecule has 1 aromatic heterocycles. The van der Waals surface area contributed by atoms with E-state index in [-0.39, 0.29) is 4.90 Å². The van der Waals surface area contributed by atoms with Gasteiger partial charge in [0.2, 0.25) is 0 Å². The second-order valence-corrected chi connectivity index (χ2v) is 4.42. The highest BCUT2D eigenvalue weighted by Crippen LogP contribution is 2.21. The zero-order valence-electron chi connectivity index (χ0n) is 7.06. The third-order valence-corrected chi connectivity index (χ3v) is 3.12. The average Bonchev–Trinajstić information content (AvgIpc) is 2.61. The summed E-state index contributed by atoms with van der Waals surface area (Å²) in [6.07, 6.45) is 1.34. The largest absolute Gasteiger partial charge is 0.360 e. The number of H-pyrrole nitrogens is 1. The first-order valence-corrected chi connectivity index (χ1v) is 5.35. The molecule has 0 saturated carbocycles. The van der Waals surface area contributed by atoms with Gasteiger partial charge >= 0.3 is 0 Å². The first-order valence-electron chi connectivity index (χ1n) is 3.87. The van der Waals surface area contributed by atoms with Crippen LogP contribution in [0.2, 0.25) is 0 Å². The molecule has 5 nitrogen and oxygen atoms in total. The van der Waals surface area contributed by atoms with E-state index in [2.05, 4.69) is 4.98 Å². The fourth-order valence-corrected chi connectivity index (χ4v) is 2.10. The molecule has 14 heavy (non-hydrogen) atoms. The molecule has 74 valence electrons. The zero-order chi connectivity index (χ0) is 10.2. The molecule has 0 unspecified atom stereocenters. The van der Waals surface area contributed by atoms with Gasteiger partial charge in [-0.25, -0.2) is 8.42 Å². The second kappa shape index (κ2) is 3.09. The van der Waals surface area contributed by atoms with Gasteiger partial charge in [-0.05, 0) is 6.07 Å². The maximum atomic E-state index is 11.3. The van der Waals surface area contributed by atoms with E-state index in [4.69, 9.17) is 5.21 Å². The van der Waals surface area contributed by atoms with Crippen LogP contribution >= 0.6 is 0 Å². The second-order valence-electron chi connectivity index (χ2n) is 2.79. The third-order valence-electron chi connectivity index (χ3n) is 1.96. The van der Waals surface area contributed by atoms with E-state index in [1.807, 2.05) is 0 Å². The number of nitrogens with one attached hydrogen (secondary N) is 2. The van der Waals surface area contributed by atoms with Gasteiger partial charge in [-0.1, -0.05) is 23.1 Å². The van der Waals surface area contributed by atoms with Crippen molar-refractivity contribution < 1.29 is 13.6 Å². The molecule has 3 N–H and O–H groups in total. The molecule has 0 fully saturated rings. The summed E-state index contributed by atoms with van der Waals surface area (Å²) in [5, 5.41) is 9.02. The standard InChI is InChI=1S/C8H8N2O3S/c11-10-14(12,13)8-5-9-7-4-2-1-3-6(7)8/h1-5,9-11H. The van der Waals surface area contributed by atoms with Gasteiger partial charge in [-0.15, -0.1) is 0 Å². The van der Waals surface area contributed by atoms with Gasteiger partial charge in [-0.2, -0.15) is 0 Å². The number of rotatable bonds is 2. The Morgan fingerprint density at radius 3 is 2.71 bits per heavy atom. The normalized spacial score (nSPS) is 12.1. The molecule has 0 saturated heterocycles. The number of benzene rings is 1. The summed E-state index contributed by atoms with van der Waals surface area (Å²) in [5.74, 6) is 0. The number of hydrogen-bond donors (Lipinski definition) is 3. The van der Waals surface area contributed by atoms with Crippen LogP contribution in [0.1, 0.15) is 0 Å². The summed E-state index contributed by atoms with van der Waals surface area (Å²) in [4.78, 5) is 4.12. The van der Waals surface area contributed by atoms with Crippen molar-refractivity contribution in [2.45, 2.75) is 4.90 Å². The number of aromatic amines is 1. The summed E-state index contributed by atoms with van der Waals surface area (Å²) >= 11 is 0. The Morgan fingerprint density at radius 2 is 2.00 bits per heavy atom. The topological polar surface area (TPSA) is 82.2 Å². The highest BCUT2D eigenvalue weighted by Gasteiger charge is 2.16. The summed E-state index contributed by atoms with van der Waals surface area (Å²) in [6, 6.07) is 6.94. The number of sulfonamides is 1. The van der Waals surface area contributed by atoms with Gasteiger partial charge in [-0.3, -0.25) is 0 Å². The molecule has 0 amide bonds. The van der Waals surface area contributed by atoms with Crippen LogP contribution in [0.5, 0.6) is 0 Å². The lowest BCUT2D eigenvalue weighted by molar-refractivity contribution is 0.243. The predicted octanol–water partition coefficient (Wildman–Crippen LogP) is 0.835. The van der Waals surface area contributed by atoms with E-state index in [1.165, 1.54) is 11.1 Å². The fraction of sp³-hybridized carbons (Fsp3) is 0. The third kappa shape index (κ3) is 1.29. The van der Waals surface area contributed by atoms with Crippen LogP contribution in [0.15, 0.2) is 35.4 Å². The number of aromatic nitrogens is 1. The van der Waals surface area contributed by atoms with E-state index < -0.39 is 10.0 Å². The number of para-hydroxylation sites is 1. The fourth-order valence-electron chi connectivity index (χ4n) is 1.32. The molecule has 0 bridgehead atoms. The van der Waals surface area contributed by atoms with Crippen LogP contribution in [0.3, 0.4) is 0 Å². The first kappa shape index (κ1) is 9.20. The quantitative estimate of drug-likeness (QED) is 0.645. The van der Waals surface area contributed by atoms with E-state index in [1.54, 1.807) is 24.3 Å². The molecular weight excluding hydrogens is 204 g/mol. The summed E-state index contributed by atoms with van der Waals surface area (Å²) < 4.78 is 22.6. The molecule has 0 aliphatic carbocycles. The van der Waals surface area contributed by atoms with Crippen molar-refractivity contribution in [1.82, 2.24) is 9.87 Å². The zero-order valence-corrected chi connectivity index (χ0v) is 7.88. The Morgan fingerprint density at radius 1 is 1.29 bits per heavy atom. The maximum absolute atomic E-state index is 11.3. The van der Waals surface area contributed by atoms with E-state index >= 15 is 0 Å². The maximum Gasteiger partial charge on any atom is 0.264 e. The molecular formula is C8H8N2O3S. The highest BCUT2D eigenvalue weighted by molar-refractivity contribution is 7.89. The molecule has 6 heteroatoms. The Labute approximate surface area is 80.4 Å². The Bertz CT molecular complexity index is 559. The predicted molar refractivity (Wildman–Crippen MR) is 50.4 cm³/mol. The summed E-state index contributed by atoms with van der Waals surface area (Å²) in [7, 11) is -3.81. The number of fused-ring (bicyclic) bond motifs is 1. The van der Waals surface area contributed by atoms with Crippen molar-refractivity contribution in [2.24, 2.45) is 0 Å². The van der Waals surface area contributed by atoms with Gasteiger partial charge in [0.1, 0.15) is 4.90 Å². The Balaban J connectivity index is 2.77. The molecule has 1 heterocycles. The molecule has 2 rings (SSSR count). The molecule has 0 aliphatic rings. The van der Waals surface area contributed by atoms with Gasteiger partial charge in [0, 0.05) is 17.1 Å². The van der Waals surface area contributed by atoms with Crippen molar-refractivity contribution in [3.8, 4) is 0 Å². The Hall–Kier alpha value is -1.37. The highest BCUT2D eigenvalue weighted by atomic mass is 32.2. The number of hydrogen-bond acceptors (Lipinski definition) is 3. The van der Waals surface area contributed by atoms with Crippen LogP contribution in [0, 0.1) is 0 Å². The molecule has 2 aromatic rings. The van der Waals surface area contributed by atoms with Gasteiger partial charge in [0.15, 0.2) is 0 Å². The molecule has 0 spiro atoms. The van der Waals surface area contributed by atoms with E-state index in [9.17, 15) is 8.42 Å². The van der Waals surface area contributed by atoms with Crippen molar-refractivity contribution in [3.05, 3.63) is 30.5 Å². The Kier molecular flexibility index (Phi) is 2.03. The van der Waals surface area contributed by atoms with E-state index in [0.717, 1.165) is 0 Å². The monoisotopic (exact) mass is 212 g/mol. The lowest BCUT2D eigenvalue weighted by atomic mass is 10.2. The molecule has 1 aromatic carbocycles. The van der Waals surface area contributed by atoms with Gasteiger partial charge in [0.25, 0.3) is 10.0 Å². The first-order chi connectivity index (χ1) is 6.65. The lowest BCUT2D eigenvalue weighted by Crippen LogP contribution is -2.18. The summed E-state index contributed by atoms with van der Waals surface area (Å²) in [6.45, 7) is 0. The average molecular weight is 212 g/mol. The van der Waals surface area contributed by atoms with Crippen molar-refractivity contribution in [1.29, 1.82) is 0 Å². The summed E-state index contributed by atoms with van der Waals surface area (Å²) in [5.41, 5.74) is 0.710. The van der Waals surface area contributed by atoms with Crippen molar-refractivity contribution in [3.63, 3.8) is 0 Å². The van der Waals surface area contributed by atoms with Crippen LogP contribution in [0.25, 0.3) is 10.9 Å². The molecule has 0 radical (unpaired) electrons. The van der Waals surface area contributed by atoms with Crippen molar-refractivity contribution in [2.75, 3.05) is 0 Å². The van der Waals surface area contributed by atoms with Crippen LogP contribution in [-0.4, -0.2) is 18.6 Å². The van der Waals surface area contributed by atoms with Gasteiger partial charge in [0.05, 0.1) is 0 Å². The molecule has 0 aliphatic heterocycles. The van der Waals surface area contributed by atoms with Gasteiger partial charge < -0.3 is 10.2 Å². The lowest BCUT2D eigenvalue weighted by Gasteiger charge is -1.97. The smallest absolute Gasteiger partial charge is 0.264 e. The van der Waals surface area contributed by atoms with Crippen LogP contribution in [0.4, 0.5) is 0 Å². The minimum absolute atomic E-state index is 0.0376. The SMILES string of the molecule is O=S(=O)(NO)c1c[nH]c2ccccc12. The molecule has 0 atom stereocenters. The van der Waals surface area contributed by atoms with E-state index in [0.29, 0.717) is 10.9 Å². The van der Waals surface area contributed by atoms with Crippen LogP contribution in [-0.2, 0) is 10.0 Å².